The van der Waals surface area contributed by atoms with Crippen molar-refractivity contribution in [2.24, 2.45) is 0 Å². The number of hydroxylamine groups is 1. The molecule has 156 valence electrons. The molecule has 0 aromatic heterocycles. The summed E-state index contributed by atoms with van der Waals surface area (Å²) in [4.78, 5) is 14.7. The Morgan fingerprint density at radius 1 is 1.19 bits per heavy atom. The summed E-state index contributed by atoms with van der Waals surface area (Å²) in [6.45, 7) is 3.22. The van der Waals surface area contributed by atoms with Gasteiger partial charge in [-0.05, 0) is 18.9 Å². The summed E-state index contributed by atoms with van der Waals surface area (Å²) in [6, 6.07) is 9.22. The molecule has 8 nitrogen and oxygen atoms in total. The fraction of sp³-hybridized carbons (Fsp3) is 0.647. The molecule has 5 N–H and O–H groups in total. The zero-order valence-corrected chi connectivity index (χ0v) is 16.3. The predicted molar refractivity (Wildman–Crippen MR) is 97.4 cm³/mol. The maximum atomic E-state index is 14.0. The van der Waals surface area contributed by atoms with Gasteiger partial charge in [0.25, 0.3) is 0 Å². The van der Waals surface area contributed by atoms with Gasteiger partial charge >= 0.3 is 7.60 Å². The van der Waals surface area contributed by atoms with Crippen molar-refractivity contribution in [2.75, 3.05) is 6.54 Å². The van der Waals surface area contributed by atoms with Crippen LogP contribution >= 0.6 is 7.60 Å². The zero-order chi connectivity index (χ0) is 20.4. The number of halogens is 1. The van der Waals surface area contributed by atoms with Crippen LogP contribution in [0.2, 0.25) is 0 Å². The molecule has 0 bridgehead atoms. The molecular weight excluding hydrogens is 380 g/mol. The van der Waals surface area contributed by atoms with Crippen molar-refractivity contribution in [3.05, 3.63) is 35.9 Å². The molecule has 10 heteroatoms. The lowest BCUT2D eigenvalue weighted by Crippen LogP contribution is -2.44. The number of hydrogen-bond donors (Lipinski definition) is 5. The minimum Gasteiger partial charge on any atom is -0.390 e. The molecule has 0 spiro atoms. The van der Waals surface area contributed by atoms with Crippen molar-refractivity contribution in [3.8, 4) is 0 Å². The minimum absolute atomic E-state index is 0.222. The van der Waals surface area contributed by atoms with Gasteiger partial charge in [0.1, 0.15) is 6.10 Å². The Balaban J connectivity index is 2.38. The van der Waals surface area contributed by atoms with E-state index in [9.17, 15) is 29.2 Å². The molecule has 0 aliphatic heterocycles. The first-order chi connectivity index (χ1) is 12.7. The second kappa shape index (κ2) is 11.8. The molecule has 0 saturated carbocycles. The third-order valence-electron chi connectivity index (χ3n) is 3.96. The molecule has 0 aliphatic rings. The summed E-state index contributed by atoms with van der Waals surface area (Å²) < 4.78 is 30.6. The van der Waals surface area contributed by atoms with E-state index in [2.05, 4.69) is 5.48 Å². The zero-order valence-electron chi connectivity index (χ0n) is 15.4. The molecule has 0 fully saturated rings. The average molecular weight is 409 g/mol. The molecule has 0 heterocycles. The van der Waals surface area contributed by atoms with Gasteiger partial charge in [0.2, 0.25) is 5.91 Å². The highest BCUT2D eigenvalue weighted by molar-refractivity contribution is 7.53. The summed E-state index contributed by atoms with van der Waals surface area (Å²) in [6.07, 6.45) is -6.04. The second-order valence-corrected chi connectivity index (χ2v) is 8.21. The molecular formula is C17H29FNO7P. The lowest BCUT2D eigenvalue weighted by Gasteiger charge is -2.26. The first kappa shape index (κ1) is 24.1. The van der Waals surface area contributed by atoms with E-state index in [-0.39, 0.29) is 13.2 Å². The van der Waals surface area contributed by atoms with E-state index in [1.54, 1.807) is 6.92 Å². The number of alkyl halides is 1. The number of nitrogens with one attached hydrogen (secondary N) is 1. The molecule has 0 radical (unpaired) electrons. The molecule has 1 aromatic carbocycles. The summed E-state index contributed by atoms with van der Waals surface area (Å²) >= 11 is 0. The normalized spacial score (nSPS) is 19.7. The van der Waals surface area contributed by atoms with Crippen molar-refractivity contribution < 1.29 is 38.5 Å². The van der Waals surface area contributed by atoms with Crippen LogP contribution in [-0.2, 0) is 20.5 Å². The number of hydrogen-bond acceptors (Lipinski definition) is 7. The highest BCUT2D eigenvalue weighted by Crippen LogP contribution is 2.51. The van der Waals surface area contributed by atoms with Crippen molar-refractivity contribution in [1.29, 1.82) is 0 Å². The second-order valence-electron chi connectivity index (χ2n) is 6.31. The van der Waals surface area contributed by atoms with Crippen LogP contribution in [-0.4, -0.2) is 57.1 Å². The van der Waals surface area contributed by atoms with E-state index < -0.39 is 44.3 Å². The fourth-order valence-electron chi connectivity index (χ4n) is 2.10. The third-order valence-corrected chi connectivity index (χ3v) is 5.54. The molecule has 1 rings (SSSR count). The van der Waals surface area contributed by atoms with E-state index in [0.717, 1.165) is 5.56 Å². The van der Waals surface area contributed by atoms with E-state index >= 15 is 0 Å². The van der Waals surface area contributed by atoms with Gasteiger partial charge in [0.15, 0.2) is 0 Å². The molecule has 0 aliphatic carbocycles. The van der Waals surface area contributed by atoms with E-state index in [0.29, 0.717) is 6.42 Å². The fourth-order valence-corrected chi connectivity index (χ4v) is 3.38. The number of rotatable bonds is 13. The monoisotopic (exact) mass is 409 g/mol. The van der Waals surface area contributed by atoms with Gasteiger partial charge in [0, 0.05) is 13.0 Å². The number of aliphatic hydroxyl groups excluding tert-OH is 3. The van der Waals surface area contributed by atoms with Crippen LogP contribution in [0.5, 0.6) is 0 Å². The topological polar surface area (TPSA) is 128 Å². The van der Waals surface area contributed by atoms with Gasteiger partial charge in [-0.3, -0.25) is 9.40 Å². The standard InChI is InChI=1S/C17H29FNO7P/c1-3-12(2)26-27(23,24)16(18)9-14(20)17(22)15(21)10-19-25-11-13-7-5-4-6-8-13/h4-8,12,14-17,19-22H,3,9-11H2,1-2H3,(H,23,24)/t12?,14-,15+,16?,17-/m1/s1. The predicted octanol–water partition coefficient (Wildman–Crippen LogP) is 1.48. The highest BCUT2D eigenvalue weighted by atomic mass is 31.2. The highest BCUT2D eigenvalue weighted by Gasteiger charge is 2.38. The quantitative estimate of drug-likeness (QED) is 0.188. The molecule has 0 saturated heterocycles. The van der Waals surface area contributed by atoms with Gasteiger partial charge < -0.3 is 24.7 Å². The van der Waals surface area contributed by atoms with Crippen LogP contribution in [0.25, 0.3) is 0 Å². The van der Waals surface area contributed by atoms with Crippen molar-refractivity contribution >= 4 is 7.60 Å². The molecule has 6 atom stereocenters. The number of benzene rings is 1. The Hall–Kier alpha value is -0.900. The van der Waals surface area contributed by atoms with Gasteiger partial charge in [0.05, 0.1) is 24.9 Å². The van der Waals surface area contributed by atoms with Crippen LogP contribution < -0.4 is 5.48 Å². The summed E-state index contributed by atoms with van der Waals surface area (Å²) in [7, 11) is -4.60. The Bertz CT molecular complexity index is 580. The van der Waals surface area contributed by atoms with Gasteiger partial charge in [-0.25, -0.2) is 4.39 Å². The lowest BCUT2D eigenvalue weighted by molar-refractivity contribution is -0.0830. The smallest absolute Gasteiger partial charge is 0.362 e. The van der Waals surface area contributed by atoms with Crippen molar-refractivity contribution in [2.45, 2.75) is 63.6 Å². The van der Waals surface area contributed by atoms with Crippen LogP contribution in [0.4, 0.5) is 4.39 Å². The van der Waals surface area contributed by atoms with Gasteiger partial charge in [-0.15, -0.1) is 0 Å². The van der Waals surface area contributed by atoms with Crippen LogP contribution in [0.1, 0.15) is 32.3 Å². The Morgan fingerprint density at radius 3 is 2.41 bits per heavy atom. The van der Waals surface area contributed by atoms with E-state index in [1.807, 2.05) is 30.3 Å². The minimum atomic E-state index is -4.60. The molecule has 0 amide bonds. The van der Waals surface area contributed by atoms with E-state index in [1.165, 1.54) is 6.92 Å². The van der Waals surface area contributed by atoms with Gasteiger partial charge in [-0.1, -0.05) is 37.3 Å². The largest absolute Gasteiger partial charge is 0.390 e. The molecule has 3 unspecified atom stereocenters. The number of aliphatic hydroxyl groups is 3. The van der Waals surface area contributed by atoms with Crippen molar-refractivity contribution in [1.82, 2.24) is 5.48 Å². The lowest BCUT2D eigenvalue weighted by atomic mass is 10.1. The van der Waals surface area contributed by atoms with Crippen LogP contribution in [0, 0.1) is 0 Å². The maximum absolute atomic E-state index is 14.0. The SMILES string of the molecule is CCC(C)OP(=O)(O)C(F)C[C@@H](O)[C@@H](O)[C@@H](O)CNOCc1ccccc1. The molecule has 1 aromatic rings. The average Bonchev–Trinajstić information content (AvgIpc) is 2.64. The Labute approximate surface area is 158 Å². The third kappa shape index (κ3) is 8.76. The Kier molecular flexibility index (Phi) is 10.6. The molecule has 27 heavy (non-hydrogen) atoms. The first-order valence-electron chi connectivity index (χ1n) is 8.75. The summed E-state index contributed by atoms with van der Waals surface area (Å²) in [5.41, 5.74) is 3.33. The Morgan fingerprint density at radius 2 is 1.81 bits per heavy atom. The van der Waals surface area contributed by atoms with E-state index in [4.69, 9.17) is 9.36 Å². The maximum Gasteiger partial charge on any atom is 0.362 e. The van der Waals surface area contributed by atoms with Crippen LogP contribution in [0.15, 0.2) is 30.3 Å². The first-order valence-corrected chi connectivity index (χ1v) is 10.4. The summed E-state index contributed by atoms with van der Waals surface area (Å²) in [5, 5.41) is 29.6. The van der Waals surface area contributed by atoms with Gasteiger partial charge in [-0.2, -0.15) is 5.48 Å². The summed E-state index contributed by atoms with van der Waals surface area (Å²) in [5.74, 6) is -2.38. The van der Waals surface area contributed by atoms with Crippen molar-refractivity contribution in [3.63, 3.8) is 0 Å². The van der Waals surface area contributed by atoms with Crippen LogP contribution in [0.3, 0.4) is 0 Å².